The first-order chi connectivity index (χ1) is 9.12. The molecule has 1 aromatic heterocycles. The highest BCUT2D eigenvalue weighted by Gasteiger charge is 2.28. The van der Waals surface area contributed by atoms with Gasteiger partial charge in [-0.3, -0.25) is 10.1 Å². The van der Waals surface area contributed by atoms with Gasteiger partial charge in [0.05, 0.1) is 20.3 Å². The van der Waals surface area contributed by atoms with Crippen molar-refractivity contribution in [1.29, 1.82) is 0 Å². The van der Waals surface area contributed by atoms with E-state index < -0.39 is 0 Å². The summed E-state index contributed by atoms with van der Waals surface area (Å²) in [5.41, 5.74) is 5.80. The fraction of sp³-hybridized carbons (Fsp3) is 0.583. The first-order valence-corrected chi connectivity index (χ1v) is 6.16. The highest BCUT2D eigenvalue weighted by atomic mass is 16.5. The van der Waals surface area contributed by atoms with E-state index in [1.807, 2.05) is 0 Å². The average molecular weight is 266 g/mol. The first-order valence-electron chi connectivity index (χ1n) is 6.16. The van der Waals surface area contributed by atoms with E-state index in [4.69, 9.17) is 15.2 Å². The number of carbonyl (C=O) groups excluding carboxylic acids is 1. The zero-order chi connectivity index (χ0) is 13.8. The minimum atomic E-state index is -0.108. The van der Waals surface area contributed by atoms with Gasteiger partial charge >= 0.3 is 0 Å². The molecule has 19 heavy (non-hydrogen) atoms. The second kappa shape index (κ2) is 5.83. The summed E-state index contributed by atoms with van der Waals surface area (Å²) in [6.07, 6.45) is 2.38. The molecule has 0 aliphatic heterocycles. The number of carbonyl (C=O) groups is 1. The van der Waals surface area contributed by atoms with Crippen LogP contribution in [0.5, 0.6) is 11.8 Å². The Morgan fingerprint density at radius 2 is 1.95 bits per heavy atom. The molecule has 1 heterocycles. The summed E-state index contributed by atoms with van der Waals surface area (Å²) in [5, 5.41) is 2.68. The van der Waals surface area contributed by atoms with Crippen LogP contribution in [0.2, 0.25) is 0 Å². The van der Waals surface area contributed by atoms with E-state index in [0.717, 1.165) is 12.8 Å². The van der Waals surface area contributed by atoms with Crippen molar-refractivity contribution in [2.24, 2.45) is 11.7 Å². The van der Waals surface area contributed by atoms with Crippen LogP contribution in [-0.4, -0.2) is 36.1 Å². The van der Waals surface area contributed by atoms with Gasteiger partial charge < -0.3 is 15.2 Å². The summed E-state index contributed by atoms with van der Waals surface area (Å²) in [4.78, 5) is 20.1. The number of nitrogens with two attached hydrogens (primary N) is 1. The minimum absolute atomic E-state index is 0.0733. The number of rotatable bonds is 4. The number of hydrogen-bond donors (Lipinski definition) is 2. The maximum Gasteiger partial charge on any atom is 0.236 e. The fourth-order valence-corrected chi connectivity index (χ4v) is 2.14. The first kappa shape index (κ1) is 13.5. The maximum absolute atomic E-state index is 12.0. The van der Waals surface area contributed by atoms with Crippen LogP contribution in [0.4, 0.5) is 5.95 Å². The number of nitrogens with zero attached hydrogens (tertiary/aromatic N) is 2. The molecule has 1 amide bonds. The molecule has 1 aliphatic carbocycles. The number of methoxy groups -OCH3 is 2. The van der Waals surface area contributed by atoms with Crippen LogP contribution in [0.25, 0.3) is 0 Å². The van der Waals surface area contributed by atoms with E-state index in [9.17, 15) is 4.79 Å². The third-order valence-corrected chi connectivity index (χ3v) is 3.18. The number of anilines is 1. The standard InChI is InChI=1S/C12H18N4O3/c1-18-9-6-10(19-2)15-12(14-9)16-11(17)7-3-4-8(13)5-7/h6-8H,3-5,13H2,1-2H3,(H,14,15,16,17). The number of hydrogen-bond acceptors (Lipinski definition) is 6. The van der Waals surface area contributed by atoms with Gasteiger partial charge in [0, 0.05) is 12.0 Å². The summed E-state index contributed by atoms with van der Waals surface area (Å²) in [6.45, 7) is 0. The van der Waals surface area contributed by atoms with Gasteiger partial charge in [0.1, 0.15) is 0 Å². The van der Waals surface area contributed by atoms with Gasteiger partial charge in [-0.05, 0) is 19.3 Å². The van der Waals surface area contributed by atoms with E-state index in [0.29, 0.717) is 18.2 Å². The predicted molar refractivity (Wildman–Crippen MR) is 69.1 cm³/mol. The lowest BCUT2D eigenvalue weighted by Gasteiger charge is -2.11. The number of nitrogens with one attached hydrogen (secondary N) is 1. The third kappa shape index (κ3) is 3.31. The van der Waals surface area contributed by atoms with Gasteiger partial charge in [-0.15, -0.1) is 0 Å². The van der Waals surface area contributed by atoms with Gasteiger partial charge in [0.25, 0.3) is 0 Å². The van der Waals surface area contributed by atoms with E-state index in [1.165, 1.54) is 14.2 Å². The largest absolute Gasteiger partial charge is 0.481 e. The monoisotopic (exact) mass is 266 g/mol. The van der Waals surface area contributed by atoms with Crippen LogP contribution in [-0.2, 0) is 4.79 Å². The van der Waals surface area contributed by atoms with Gasteiger partial charge in [0.15, 0.2) is 0 Å². The topological polar surface area (TPSA) is 99.4 Å². The Morgan fingerprint density at radius 1 is 1.32 bits per heavy atom. The van der Waals surface area contributed by atoms with Crippen molar-refractivity contribution < 1.29 is 14.3 Å². The molecule has 2 unspecified atom stereocenters. The van der Waals surface area contributed by atoms with Crippen molar-refractivity contribution >= 4 is 11.9 Å². The summed E-state index contributed by atoms with van der Waals surface area (Å²) in [6, 6.07) is 1.65. The molecule has 0 aromatic carbocycles. The third-order valence-electron chi connectivity index (χ3n) is 3.18. The normalized spacial score (nSPS) is 22.1. The lowest BCUT2D eigenvalue weighted by atomic mass is 10.1. The van der Waals surface area contributed by atoms with Crippen molar-refractivity contribution in [1.82, 2.24) is 9.97 Å². The van der Waals surface area contributed by atoms with Crippen molar-refractivity contribution in [2.75, 3.05) is 19.5 Å². The molecule has 0 spiro atoms. The molecule has 1 fully saturated rings. The molecule has 2 atom stereocenters. The molecule has 104 valence electrons. The highest BCUT2D eigenvalue weighted by Crippen LogP contribution is 2.25. The van der Waals surface area contributed by atoms with Crippen LogP contribution in [0.1, 0.15) is 19.3 Å². The van der Waals surface area contributed by atoms with Crippen LogP contribution in [0.15, 0.2) is 6.07 Å². The quantitative estimate of drug-likeness (QED) is 0.826. The Hall–Kier alpha value is -1.89. The summed E-state index contributed by atoms with van der Waals surface area (Å²) < 4.78 is 10.0. The van der Waals surface area contributed by atoms with E-state index in [1.54, 1.807) is 6.07 Å². The van der Waals surface area contributed by atoms with Crippen LogP contribution in [0.3, 0.4) is 0 Å². The van der Waals surface area contributed by atoms with E-state index >= 15 is 0 Å². The molecule has 1 saturated carbocycles. The van der Waals surface area contributed by atoms with Crippen molar-refractivity contribution in [3.63, 3.8) is 0 Å². The second-order valence-electron chi connectivity index (χ2n) is 4.54. The molecule has 7 heteroatoms. The minimum Gasteiger partial charge on any atom is -0.481 e. The number of ether oxygens (including phenoxy) is 2. The Bertz CT molecular complexity index is 444. The van der Waals surface area contributed by atoms with Crippen LogP contribution >= 0.6 is 0 Å². The van der Waals surface area contributed by atoms with E-state index in [-0.39, 0.29) is 23.8 Å². The van der Waals surface area contributed by atoms with Crippen molar-refractivity contribution in [2.45, 2.75) is 25.3 Å². The fourth-order valence-electron chi connectivity index (χ4n) is 2.14. The van der Waals surface area contributed by atoms with Crippen molar-refractivity contribution in [3.8, 4) is 11.8 Å². The predicted octanol–water partition coefficient (Wildman–Crippen LogP) is 0.560. The van der Waals surface area contributed by atoms with Crippen LogP contribution < -0.4 is 20.5 Å². The molecule has 1 aliphatic rings. The molecule has 1 aromatic rings. The molecule has 0 bridgehead atoms. The van der Waals surface area contributed by atoms with Gasteiger partial charge in [-0.25, -0.2) is 0 Å². The lowest BCUT2D eigenvalue weighted by Crippen LogP contribution is -2.24. The smallest absolute Gasteiger partial charge is 0.236 e. The number of aromatic nitrogens is 2. The number of amides is 1. The molecular formula is C12H18N4O3. The second-order valence-corrected chi connectivity index (χ2v) is 4.54. The summed E-state index contributed by atoms with van der Waals surface area (Å²) in [7, 11) is 2.98. The Morgan fingerprint density at radius 3 is 2.42 bits per heavy atom. The molecule has 7 nitrogen and oxygen atoms in total. The molecule has 0 saturated heterocycles. The van der Waals surface area contributed by atoms with Crippen LogP contribution in [0, 0.1) is 5.92 Å². The van der Waals surface area contributed by atoms with Gasteiger partial charge in [-0.2, -0.15) is 9.97 Å². The average Bonchev–Trinajstić information content (AvgIpc) is 2.85. The zero-order valence-electron chi connectivity index (χ0n) is 11.0. The Balaban J connectivity index is 2.07. The summed E-state index contributed by atoms with van der Waals surface area (Å²) >= 11 is 0. The van der Waals surface area contributed by atoms with Gasteiger partial charge in [-0.1, -0.05) is 0 Å². The maximum atomic E-state index is 12.0. The Kier molecular flexibility index (Phi) is 4.16. The highest BCUT2D eigenvalue weighted by molar-refractivity contribution is 5.91. The molecule has 3 N–H and O–H groups in total. The molecule has 2 rings (SSSR count). The zero-order valence-corrected chi connectivity index (χ0v) is 11.0. The SMILES string of the molecule is COc1cc(OC)nc(NC(=O)C2CCC(N)C2)n1. The Labute approximate surface area is 111 Å². The molecular weight excluding hydrogens is 248 g/mol. The molecule has 0 radical (unpaired) electrons. The van der Waals surface area contributed by atoms with Gasteiger partial charge in [0.2, 0.25) is 23.6 Å². The lowest BCUT2D eigenvalue weighted by molar-refractivity contribution is -0.119. The van der Waals surface area contributed by atoms with Crippen molar-refractivity contribution in [3.05, 3.63) is 6.07 Å². The summed E-state index contributed by atoms with van der Waals surface area (Å²) in [5.74, 6) is 0.677. The van der Waals surface area contributed by atoms with E-state index in [2.05, 4.69) is 15.3 Å².